The molecule has 2 rings (SSSR count). The van der Waals surface area contributed by atoms with Crippen LogP contribution in [0.1, 0.15) is 18.1 Å². The van der Waals surface area contributed by atoms with Gasteiger partial charge in [0.25, 0.3) is 0 Å². The van der Waals surface area contributed by atoms with E-state index in [1.54, 1.807) is 49.4 Å². The van der Waals surface area contributed by atoms with Crippen LogP contribution in [0.2, 0.25) is 5.02 Å². The Morgan fingerprint density at radius 3 is 2.37 bits per heavy atom. The molecule has 2 amide bonds. The van der Waals surface area contributed by atoms with Crippen LogP contribution in [-0.2, 0) is 26.2 Å². The smallest absolute Gasteiger partial charge is 0.244 e. The first kappa shape index (κ1) is 23.7. The van der Waals surface area contributed by atoms with Crippen molar-refractivity contribution < 1.29 is 18.0 Å². The number of nitrogens with zero attached hydrogens (tertiary/aromatic N) is 2. The summed E-state index contributed by atoms with van der Waals surface area (Å²) in [7, 11) is -2.26. The summed E-state index contributed by atoms with van der Waals surface area (Å²) in [5.74, 6) is -0.880. The molecule has 0 spiro atoms. The lowest BCUT2D eigenvalue weighted by atomic mass is 10.1. The molecular formula is C21H26ClN3O4S. The number of carbonyl (C=O) groups is 2. The fourth-order valence-electron chi connectivity index (χ4n) is 3.00. The highest BCUT2D eigenvalue weighted by Gasteiger charge is 2.30. The van der Waals surface area contributed by atoms with Crippen LogP contribution in [0.25, 0.3) is 0 Å². The molecule has 0 saturated heterocycles. The summed E-state index contributed by atoms with van der Waals surface area (Å²) in [5.41, 5.74) is 1.90. The largest absolute Gasteiger partial charge is 0.357 e. The van der Waals surface area contributed by atoms with Crippen molar-refractivity contribution in [3.05, 3.63) is 64.7 Å². The lowest BCUT2D eigenvalue weighted by Crippen LogP contribution is -2.50. The van der Waals surface area contributed by atoms with Gasteiger partial charge >= 0.3 is 0 Å². The number of anilines is 1. The van der Waals surface area contributed by atoms with Crippen LogP contribution in [-0.4, -0.2) is 51.0 Å². The molecule has 0 aliphatic rings. The fraction of sp³-hybridized carbons (Fsp3) is 0.333. The van der Waals surface area contributed by atoms with Crippen molar-refractivity contribution >= 4 is 39.1 Å². The van der Waals surface area contributed by atoms with Crippen molar-refractivity contribution in [3.8, 4) is 0 Å². The summed E-state index contributed by atoms with van der Waals surface area (Å²) in [4.78, 5) is 26.8. The van der Waals surface area contributed by atoms with E-state index in [9.17, 15) is 18.0 Å². The first-order valence-corrected chi connectivity index (χ1v) is 11.6. The number of nitrogens with one attached hydrogen (secondary N) is 1. The second kappa shape index (κ2) is 9.95. The summed E-state index contributed by atoms with van der Waals surface area (Å²) >= 11 is 6.24. The maximum Gasteiger partial charge on any atom is 0.244 e. The molecule has 0 heterocycles. The minimum absolute atomic E-state index is 0.0680. The number of aryl methyl sites for hydroxylation is 1. The third kappa shape index (κ3) is 5.96. The van der Waals surface area contributed by atoms with Crippen LogP contribution in [0, 0.1) is 6.92 Å². The number of hydrogen-bond acceptors (Lipinski definition) is 4. The SMILES string of the molecule is CNC(=O)[C@H](C)N(Cc1ccccc1Cl)C(=O)CN(c1cccc(C)c1)S(C)(=O)=O. The molecule has 2 aromatic rings. The number of carbonyl (C=O) groups excluding carboxylic acids is 2. The van der Waals surface area contributed by atoms with Gasteiger partial charge in [-0.3, -0.25) is 13.9 Å². The van der Waals surface area contributed by atoms with Gasteiger partial charge < -0.3 is 10.2 Å². The first-order valence-electron chi connectivity index (χ1n) is 9.33. The zero-order valence-corrected chi connectivity index (χ0v) is 19.0. The molecule has 0 unspecified atom stereocenters. The van der Waals surface area contributed by atoms with Gasteiger partial charge in [-0.05, 0) is 43.2 Å². The van der Waals surface area contributed by atoms with Crippen LogP contribution >= 0.6 is 11.6 Å². The Kier molecular flexibility index (Phi) is 7.86. The average Bonchev–Trinajstić information content (AvgIpc) is 2.69. The summed E-state index contributed by atoms with van der Waals surface area (Å²) in [6, 6.07) is 13.1. The van der Waals surface area contributed by atoms with Gasteiger partial charge in [0.05, 0.1) is 11.9 Å². The lowest BCUT2D eigenvalue weighted by Gasteiger charge is -2.31. The van der Waals surface area contributed by atoms with Crippen LogP contribution in [0.15, 0.2) is 48.5 Å². The highest BCUT2D eigenvalue weighted by molar-refractivity contribution is 7.92. The normalized spacial score (nSPS) is 12.2. The molecule has 0 aromatic heterocycles. The van der Waals surface area contributed by atoms with Crippen molar-refractivity contribution in [2.24, 2.45) is 0 Å². The summed E-state index contributed by atoms with van der Waals surface area (Å²) in [6.07, 6.45) is 1.04. The fourth-order valence-corrected chi connectivity index (χ4v) is 4.04. The molecule has 0 fully saturated rings. The van der Waals surface area contributed by atoms with Crippen LogP contribution in [0.3, 0.4) is 0 Å². The minimum Gasteiger partial charge on any atom is -0.357 e. The van der Waals surface area contributed by atoms with Gasteiger partial charge in [0.2, 0.25) is 21.8 Å². The first-order chi connectivity index (χ1) is 14.0. The van der Waals surface area contributed by atoms with Crippen molar-refractivity contribution in [2.75, 3.05) is 24.2 Å². The molecule has 1 atom stereocenters. The van der Waals surface area contributed by atoms with Crippen molar-refractivity contribution in [2.45, 2.75) is 26.4 Å². The van der Waals surface area contributed by atoms with Crippen molar-refractivity contribution in [1.29, 1.82) is 0 Å². The predicted octanol–water partition coefficient (Wildman–Crippen LogP) is 2.58. The highest BCUT2D eigenvalue weighted by atomic mass is 35.5. The predicted molar refractivity (Wildman–Crippen MR) is 119 cm³/mol. The number of halogens is 1. The lowest BCUT2D eigenvalue weighted by molar-refractivity contribution is -0.139. The Balaban J connectivity index is 2.40. The molecule has 0 bridgehead atoms. The molecule has 1 N–H and O–H groups in total. The van der Waals surface area contributed by atoms with E-state index in [-0.39, 0.29) is 12.5 Å². The molecule has 0 aliphatic carbocycles. The van der Waals surface area contributed by atoms with Crippen LogP contribution in [0.4, 0.5) is 5.69 Å². The molecule has 162 valence electrons. The summed E-state index contributed by atoms with van der Waals surface area (Å²) in [5, 5.41) is 2.98. The molecular weight excluding hydrogens is 426 g/mol. The Bertz CT molecular complexity index is 1030. The van der Waals surface area contributed by atoms with Gasteiger partial charge in [-0.25, -0.2) is 8.42 Å². The van der Waals surface area contributed by atoms with Gasteiger partial charge in [0.15, 0.2) is 0 Å². The van der Waals surface area contributed by atoms with Gasteiger partial charge in [-0.1, -0.05) is 41.9 Å². The Morgan fingerprint density at radius 2 is 1.80 bits per heavy atom. The number of amides is 2. The second-order valence-corrected chi connectivity index (χ2v) is 9.33. The van der Waals surface area contributed by atoms with E-state index in [1.165, 1.54) is 11.9 Å². The van der Waals surface area contributed by atoms with E-state index in [0.29, 0.717) is 16.3 Å². The van der Waals surface area contributed by atoms with Gasteiger partial charge in [-0.2, -0.15) is 0 Å². The van der Waals surface area contributed by atoms with Crippen LogP contribution in [0.5, 0.6) is 0 Å². The maximum absolute atomic E-state index is 13.2. The number of hydrogen-bond donors (Lipinski definition) is 1. The summed E-state index contributed by atoms with van der Waals surface area (Å²) < 4.78 is 25.9. The van der Waals surface area contributed by atoms with E-state index in [1.807, 2.05) is 13.0 Å². The third-order valence-electron chi connectivity index (χ3n) is 4.68. The Morgan fingerprint density at radius 1 is 1.13 bits per heavy atom. The Hall–Kier alpha value is -2.58. The quantitative estimate of drug-likeness (QED) is 0.668. The number of sulfonamides is 1. The number of likely N-dealkylation sites (N-methyl/N-ethyl adjacent to an activating group) is 1. The zero-order chi connectivity index (χ0) is 22.5. The topological polar surface area (TPSA) is 86.8 Å². The van der Waals surface area contributed by atoms with Crippen molar-refractivity contribution in [1.82, 2.24) is 10.2 Å². The summed E-state index contributed by atoms with van der Waals surface area (Å²) in [6.45, 7) is 3.06. The molecule has 9 heteroatoms. The van der Waals surface area contributed by atoms with E-state index in [2.05, 4.69) is 5.32 Å². The van der Waals surface area contributed by atoms with Gasteiger partial charge in [0.1, 0.15) is 12.6 Å². The highest BCUT2D eigenvalue weighted by Crippen LogP contribution is 2.22. The van der Waals surface area contributed by atoms with Crippen molar-refractivity contribution in [3.63, 3.8) is 0 Å². The molecule has 0 saturated carbocycles. The van der Waals surface area contributed by atoms with E-state index >= 15 is 0 Å². The van der Waals surface area contributed by atoms with Gasteiger partial charge in [0, 0.05) is 18.6 Å². The Labute approximate surface area is 182 Å². The maximum atomic E-state index is 13.2. The zero-order valence-electron chi connectivity index (χ0n) is 17.4. The standard InChI is InChI=1S/C21H26ClN3O4S/c1-15-8-7-10-18(12-15)25(30(4,28)29)14-20(26)24(16(2)21(27)23-3)13-17-9-5-6-11-19(17)22/h5-12,16H,13-14H2,1-4H3,(H,23,27)/t16-/m0/s1. The molecule has 7 nitrogen and oxygen atoms in total. The third-order valence-corrected chi connectivity index (χ3v) is 6.19. The average molecular weight is 452 g/mol. The minimum atomic E-state index is -3.74. The molecule has 0 radical (unpaired) electrons. The molecule has 0 aliphatic heterocycles. The number of benzene rings is 2. The second-order valence-electron chi connectivity index (χ2n) is 7.01. The van der Waals surface area contributed by atoms with E-state index in [4.69, 9.17) is 11.6 Å². The number of rotatable bonds is 8. The van der Waals surface area contributed by atoms with Crippen LogP contribution < -0.4 is 9.62 Å². The van der Waals surface area contributed by atoms with E-state index < -0.39 is 28.5 Å². The molecule has 2 aromatic carbocycles. The monoisotopic (exact) mass is 451 g/mol. The van der Waals surface area contributed by atoms with E-state index in [0.717, 1.165) is 16.1 Å². The van der Waals surface area contributed by atoms with Gasteiger partial charge in [-0.15, -0.1) is 0 Å². The molecule has 30 heavy (non-hydrogen) atoms.